The zero-order chi connectivity index (χ0) is 15.6. The Labute approximate surface area is 133 Å². The lowest BCUT2D eigenvalue weighted by Gasteiger charge is -2.11. The van der Waals surface area contributed by atoms with Gasteiger partial charge in [-0.3, -0.25) is 4.72 Å². The van der Waals surface area contributed by atoms with Gasteiger partial charge < -0.3 is 10.3 Å². The number of benzene rings is 1. The number of nitrogens with zero attached hydrogens (tertiary/aromatic N) is 1. The normalized spacial score (nSPS) is 11.6. The average molecular weight is 372 g/mol. The lowest BCUT2D eigenvalue weighted by Crippen LogP contribution is -2.13. The molecule has 0 radical (unpaired) electrons. The molecular formula is C14H18BrN3O2S. The van der Waals surface area contributed by atoms with E-state index >= 15 is 0 Å². The minimum absolute atomic E-state index is 0.218. The summed E-state index contributed by atoms with van der Waals surface area (Å²) >= 11 is 3.39. The molecule has 0 fully saturated rings. The number of hydrogen-bond acceptors (Lipinski definition) is 3. The first kappa shape index (κ1) is 16.1. The van der Waals surface area contributed by atoms with Crippen molar-refractivity contribution >= 4 is 31.6 Å². The summed E-state index contributed by atoms with van der Waals surface area (Å²) in [6.07, 6.45) is 2.30. The lowest BCUT2D eigenvalue weighted by molar-refractivity contribution is 0.601. The van der Waals surface area contributed by atoms with Gasteiger partial charge in [-0.2, -0.15) is 0 Å². The Morgan fingerprint density at radius 1 is 1.33 bits per heavy atom. The molecule has 0 saturated carbocycles. The molecule has 5 nitrogen and oxygen atoms in total. The zero-order valence-corrected chi connectivity index (χ0v) is 14.3. The van der Waals surface area contributed by atoms with Gasteiger partial charge in [0, 0.05) is 30.0 Å². The zero-order valence-electron chi connectivity index (χ0n) is 11.9. The van der Waals surface area contributed by atoms with E-state index in [-0.39, 0.29) is 4.90 Å². The molecule has 2 rings (SSSR count). The fourth-order valence-corrected chi connectivity index (χ4v) is 3.69. The van der Waals surface area contributed by atoms with Crippen LogP contribution < -0.4 is 10.5 Å². The van der Waals surface area contributed by atoms with Crippen LogP contribution in [0.5, 0.6) is 0 Å². The predicted molar refractivity (Wildman–Crippen MR) is 87.6 cm³/mol. The summed E-state index contributed by atoms with van der Waals surface area (Å²) in [5, 5.41) is 0. The van der Waals surface area contributed by atoms with Gasteiger partial charge in [0.15, 0.2) is 0 Å². The maximum absolute atomic E-state index is 12.5. The minimum atomic E-state index is -3.61. The van der Waals surface area contributed by atoms with Crippen molar-refractivity contribution in [3.63, 3.8) is 0 Å². The van der Waals surface area contributed by atoms with E-state index < -0.39 is 10.0 Å². The third-order valence-electron chi connectivity index (χ3n) is 3.29. The van der Waals surface area contributed by atoms with Crippen LogP contribution in [-0.4, -0.2) is 13.0 Å². The standard InChI is InChI=1S/C14H18BrN3O2S/c1-3-10-6-11(15)4-5-14(10)17-21(19,20)13-7-12(8-16)18(2)9-13/h4-7,9,17H,3,8,16H2,1-2H3. The number of halogens is 1. The van der Waals surface area contributed by atoms with E-state index in [0.717, 1.165) is 22.2 Å². The van der Waals surface area contributed by atoms with Crippen LogP contribution in [0.4, 0.5) is 5.69 Å². The van der Waals surface area contributed by atoms with Crippen LogP contribution in [0.25, 0.3) is 0 Å². The second kappa shape index (κ2) is 6.21. The van der Waals surface area contributed by atoms with E-state index in [2.05, 4.69) is 20.7 Å². The van der Waals surface area contributed by atoms with E-state index in [4.69, 9.17) is 5.73 Å². The maximum atomic E-state index is 12.5. The van der Waals surface area contributed by atoms with Crippen LogP contribution in [-0.2, 0) is 30.0 Å². The van der Waals surface area contributed by atoms with E-state index in [9.17, 15) is 8.42 Å². The van der Waals surface area contributed by atoms with Crippen LogP contribution in [0, 0.1) is 0 Å². The number of aryl methyl sites for hydroxylation is 2. The summed E-state index contributed by atoms with van der Waals surface area (Å²) in [7, 11) is -1.84. The Balaban J connectivity index is 2.37. The molecule has 0 amide bonds. The van der Waals surface area contributed by atoms with Gasteiger partial charge in [0.05, 0.1) is 5.69 Å². The van der Waals surface area contributed by atoms with Gasteiger partial charge in [0.2, 0.25) is 0 Å². The van der Waals surface area contributed by atoms with Crippen molar-refractivity contribution in [3.05, 3.63) is 46.2 Å². The summed E-state index contributed by atoms with van der Waals surface area (Å²) in [6, 6.07) is 7.07. The molecule has 3 N–H and O–H groups in total. The van der Waals surface area contributed by atoms with Crippen molar-refractivity contribution in [2.24, 2.45) is 12.8 Å². The van der Waals surface area contributed by atoms with E-state index in [1.807, 2.05) is 19.1 Å². The van der Waals surface area contributed by atoms with Crippen molar-refractivity contribution < 1.29 is 8.42 Å². The van der Waals surface area contributed by atoms with Crippen LogP contribution in [0.3, 0.4) is 0 Å². The molecule has 0 saturated heterocycles. The molecule has 0 aliphatic heterocycles. The number of nitrogens with two attached hydrogens (primary N) is 1. The smallest absolute Gasteiger partial charge is 0.263 e. The van der Waals surface area contributed by atoms with Gasteiger partial charge in [-0.25, -0.2) is 8.42 Å². The van der Waals surface area contributed by atoms with Gasteiger partial charge in [-0.05, 0) is 36.2 Å². The lowest BCUT2D eigenvalue weighted by atomic mass is 10.1. The highest BCUT2D eigenvalue weighted by atomic mass is 79.9. The minimum Gasteiger partial charge on any atom is -0.352 e. The molecule has 0 spiro atoms. The number of rotatable bonds is 5. The second-order valence-electron chi connectivity index (χ2n) is 4.74. The summed E-state index contributed by atoms with van der Waals surface area (Å²) in [5.74, 6) is 0. The molecule has 0 unspecified atom stereocenters. The van der Waals surface area contributed by atoms with E-state index in [1.54, 1.807) is 29.9 Å². The Kier molecular flexibility index (Phi) is 4.75. The van der Waals surface area contributed by atoms with Crippen molar-refractivity contribution in [1.29, 1.82) is 0 Å². The molecular weight excluding hydrogens is 354 g/mol. The van der Waals surface area contributed by atoms with Gasteiger partial charge in [-0.15, -0.1) is 0 Å². The highest BCUT2D eigenvalue weighted by Gasteiger charge is 2.18. The van der Waals surface area contributed by atoms with Gasteiger partial charge >= 0.3 is 0 Å². The summed E-state index contributed by atoms with van der Waals surface area (Å²) in [5.41, 5.74) is 7.88. The van der Waals surface area contributed by atoms with Crippen molar-refractivity contribution in [3.8, 4) is 0 Å². The Morgan fingerprint density at radius 2 is 2.05 bits per heavy atom. The summed E-state index contributed by atoms with van der Waals surface area (Å²) in [4.78, 5) is 0.218. The average Bonchev–Trinajstić information content (AvgIpc) is 2.82. The number of sulfonamides is 1. The second-order valence-corrected chi connectivity index (χ2v) is 7.34. The van der Waals surface area contributed by atoms with Crippen LogP contribution in [0.15, 0.2) is 39.8 Å². The molecule has 2 aromatic rings. The fourth-order valence-electron chi connectivity index (χ4n) is 2.09. The van der Waals surface area contributed by atoms with Crippen molar-refractivity contribution in [1.82, 2.24) is 4.57 Å². The van der Waals surface area contributed by atoms with Crippen LogP contribution in [0.1, 0.15) is 18.2 Å². The molecule has 0 aliphatic carbocycles. The SMILES string of the molecule is CCc1cc(Br)ccc1NS(=O)(=O)c1cc(CN)n(C)c1. The third kappa shape index (κ3) is 3.48. The summed E-state index contributed by atoms with van der Waals surface area (Å²) in [6.45, 7) is 2.28. The number of nitrogens with one attached hydrogen (secondary N) is 1. The van der Waals surface area contributed by atoms with Gasteiger partial charge in [0.25, 0.3) is 10.0 Å². The van der Waals surface area contributed by atoms with Crippen LogP contribution >= 0.6 is 15.9 Å². The van der Waals surface area contributed by atoms with Crippen molar-refractivity contribution in [2.75, 3.05) is 4.72 Å². The quantitative estimate of drug-likeness (QED) is 0.847. The highest BCUT2D eigenvalue weighted by Crippen LogP contribution is 2.25. The van der Waals surface area contributed by atoms with Gasteiger partial charge in [-0.1, -0.05) is 22.9 Å². The first-order chi connectivity index (χ1) is 9.87. The van der Waals surface area contributed by atoms with E-state index in [0.29, 0.717) is 12.2 Å². The topological polar surface area (TPSA) is 77.1 Å². The Morgan fingerprint density at radius 3 is 2.62 bits per heavy atom. The molecule has 1 aromatic heterocycles. The summed E-state index contributed by atoms with van der Waals surface area (Å²) < 4.78 is 30.2. The number of aromatic nitrogens is 1. The Bertz CT molecular complexity index is 754. The molecule has 21 heavy (non-hydrogen) atoms. The van der Waals surface area contributed by atoms with E-state index in [1.165, 1.54) is 0 Å². The fraction of sp³-hybridized carbons (Fsp3) is 0.286. The molecule has 114 valence electrons. The van der Waals surface area contributed by atoms with Crippen molar-refractivity contribution in [2.45, 2.75) is 24.8 Å². The predicted octanol–water partition coefficient (Wildman–Crippen LogP) is 2.61. The molecule has 7 heteroatoms. The Hall–Kier alpha value is -1.31. The number of anilines is 1. The molecule has 1 aromatic carbocycles. The molecule has 0 bridgehead atoms. The number of hydrogen-bond donors (Lipinski definition) is 2. The third-order valence-corrected chi connectivity index (χ3v) is 5.12. The highest BCUT2D eigenvalue weighted by molar-refractivity contribution is 9.10. The molecule has 1 heterocycles. The first-order valence-electron chi connectivity index (χ1n) is 6.54. The maximum Gasteiger partial charge on any atom is 0.263 e. The van der Waals surface area contributed by atoms with Crippen LogP contribution in [0.2, 0.25) is 0 Å². The largest absolute Gasteiger partial charge is 0.352 e. The molecule has 0 aliphatic rings. The first-order valence-corrected chi connectivity index (χ1v) is 8.81. The van der Waals surface area contributed by atoms with Gasteiger partial charge in [0.1, 0.15) is 4.90 Å². The monoisotopic (exact) mass is 371 g/mol. The molecule has 0 atom stereocenters.